The molecular weight excluding hydrogens is 446 g/mol. The van der Waals surface area contributed by atoms with Crippen molar-refractivity contribution in [1.29, 1.82) is 0 Å². The molecule has 0 spiro atoms. The van der Waals surface area contributed by atoms with Gasteiger partial charge in [0.25, 0.3) is 6.47 Å². The fourth-order valence-electron chi connectivity index (χ4n) is 3.52. The summed E-state index contributed by atoms with van der Waals surface area (Å²) < 4.78 is 29.2. The van der Waals surface area contributed by atoms with Gasteiger partial charge >= 0.3 is 11.8 Å². The summed E-state index contributed by atoms with van der Waals surface area (Å²) in [5, 5.41) is 0. The Balaban J connectivity index is 2.31. The molecular formula is C23H37N3O8. The summed E-state index contributed by atoms with van der Waals surface area (Å²) in [5.41, 5.74) is -2.42. The number of anilines is 1. The molecule has 0 radical (unpaired) electrons. The molecule has 1 aliphatic heterocycles. The molecule has 0 unspecified atom stereocenters. The second-order valence-corrected chi connectivity index (χ2v) is 9.53. The van der Waals surface area contributed by atoms with E-state index < -0.39 is 29.2 Å². The first-order valence-corrected chi connectivity index (χ1v) is 11.5. The smallest absolute Gasteiger partial charge is 0.416 e. The minimum atomic E-state index is -1.04. The van der Waals surface area contributed by atoms with Crippen LogP contribution in [0.15, 0.2) is 17.1 Å². The number of carbonyl (C=O) groups excluding carboxylic acids is 2. The van der Waals surface area contributed by atoms with Crippen LogP contribution in [0.5, 0.6) is 0 Å². The van der Waals surface area contributed by atoms with Crippen molar-refractivity contribution < 1.29 is 33.3 Å². The second kappa shape index (κ2) is 11.8. The van der Waals surface area contributed by atoms with Crippen LogP contribution in [-0.4, -0.2) is 71.9 Å². The van der Waals surface area contributed by atoms with Crippen molar-refractivity contribution in [1.82, 2.24) is 9.55 Å². The molecule has 11 nitrogen and oxygen atoms in total. The van der Waals surface area contributed by atoms with E-state index in [1.54, 1.807) is 34.6 Å². The molecule has 0 aromatic carbocycles. The standard InChI is InChI=1S/C23H37N3O8/c1-8-30-13-17-16(31-9-2)12-19(33-17)25-11-10-18(24-20(25)28)26(14-23(6,7)32-15-27)21(29)34-22(3,4)5/h10-11,15-17,19H,8-9,12-14H2,1-7H3/t16-,17-,19-/m1/s1. The van der Waals surface area contributed by atoms with E-state index in [-0.39, 0.29) is 24.6 Å². The first-order chi connectivity index (χ1) is 15.9. The topological polar surface area (TPSA) is 118 Å². The first-order valence-electron chi connectivity index (χ1n) is 11.5. The summed E-state index contributed by atoms with van der Waals surface area (Å²) in [7, 11) is 0. The molecule has 1 aromatic heterocycles. The van der Waals surface area contributed by atoms with Gasteiger partial charge in [-0.2, -0.15) is 4.98 Å². The molecule has 2 heterocycles. The zero-order valence-corrected chi connectivity index (χ0v) is 21.1. The molecule has 0 bridgehead atoms. The Kier molecular flexibility index (Phi) is 9.60. The zero-order chi connectivity index (χ0) is 25.5. The fourth-order valence-corrected chi connectivity index (χ4v) is 3.52. The largest absolute Gasteiger partial charge is 0.460 e. The third-order valence-corrected chi connectivity index (χ3v) is 4.97. The minimum Gasteiger partial charge on any atom is -0.460 e. The lowest BCUT2D eigenvalue weighted by Crippen LogP contribution is -2.47. The van der Waals surface area contributed by atoms with Crippen molar-refractivity contribution >= 4 is 18.4 Å². The highest BCUT2D eigenvalue weighted by Crippen LogP contribution is 2.30. The monoisotopic (exact) mass is 483 g/mol. The van der Waals surface area contributed by atoms with E-state index in [2.05, 4.69) is 4.98 Å². The maximum Gasteiger partial charge on any atom is 0.416 e. The summed E-state index contributed by atoms with van der Waals surface area (Å²) in [6.45, 7) is 13.9. The molecule has 1 saturated heterocycles. The van der Waals surface area contributed by atoms with Crippen LogP contribution in [0, 0.1) is 0 Å². The van der Waals surface area contributed by atoms with E-state index in [0.29, 0.717) is 32.7 Å². The Labute approximate surface area is 200 Å². The molecule has 1 amide bonds. The third kappa shape index (κ3) is 7.78. The van der Waals surface area contributed by atoms with Crippen molar-refractivity contribution in [2.45, 2.75) is 84.5 Å². The average Bonchev–Trinajstić information content (AvgIpc) is 3.11. The predicted molar refractivity (Wildman–Crippen MR) is 124 cm³/mol. The van der Waals surface area contributed by atoms with Gasteiger partial charge in [0, 0.05) is 25.8 Å². The van der Waals surface area contributed by atoms with Crippen molar-refractivity contribution in [3.63, 3.8) is 0 Å². The van der Waals surface area contributed by atoms with Crippen LogP contribution in [0.3, 0.4) is 0 Å². The Bertz CT molecular complexity index is 880. The highest BCUT2D eigenvalue weighted by atomic mass is 16.6. The maximum absolute atomic E-state index is 12.9. The van der Waals surface area contributed by atoms with E-state index in [4.69, 9.17) is 23.7 Å². The molecule has 34 heavy (non-hydrogen) atoms. The van der Waals surface area contributed by atoms with Crippen LogP contribution in [0.25, 0.3) is 0 Å². The molecule has 1 fully saturated rings. The van der Waals surface area contributed by atoms with Gasteiger partial charge < -0.3 is 23.7 Å². The van der Waals surface area contributed by atoms with Crippen LogP contribution in [-0.2, 0) is 28.5 Å². The average molecular weight is 484 g/mol. The van der Waals surface area contributed by atoms with E-state index in [1.165, 1.54) is 21.7 Å². The van der Waals surface area contributed by atoms with Gasteiger partial charge in [0.1, 0.15) is 29.4 Å². The van der Waals surface area contributed by atoms with Crippen LogP contribution in [0.4, 0.5) is 10.6 Å². The number of rotatable bonds is 11. The number of aromatic nitrogens is 2. The van der Waals surface area contributed by atoms with Gasteiger partial charge in [0.15, 0.2) is 0 Å². The highest BCUT2D eigenvalue weighted by Gasteiger charge is 2.38. The summed E-state index contributed by atoms with van der Waals surface area (Å²) >= 11 is 0. The number of hydrogen-bond donors (Lipinski definition) is 0. The van der Waals surface area contributed by atoms with Gasteiger partial charge in [0.2, 0.25) is 0 Å². The Morgan fingerprint density at radius 3 is 2.53 bits per heavy atom. The first kappa shape index (κ1) is 27.7. The molecule has 0 saturated carbocycles. The lowest BCUT2D eigenvalue weighted by Gasteiger charge is -2.32. The number of ether oxygens (including phenoxy) is 5. The number of amides is 1. The SMILES string of the molecule is CCOC[C@H]1O[C@@H](n2ccc(N(CC(C)(C)OC=O)C(=O)OC(C)(C)C)nc2=O)C[C@H]1OCC. The lowest BCUT2D eigenvalue weighted by atomic mass is 10.1. The van der Waals surface area contributed by atoms with Crippen molar-refractivity contribution in [3.05, 3.63) is 22.7 Å². The normalized spacial score (nSPS) is 20.7. The van der Waals surface area contributed by atoms with Crippen LogP contribution < -0.4 is 10.6 Å². The highest BCUT2D eigenvalue weighted by molar-refractivity contribution is 5.86. The molecule has 11 heteroatoms. The molecule has 1 aromatic rings. The van der Waals surface area contributed by atoms with Crippen molar-refractivity contribution in [3.8, 4) is 0 Å². The molecule has 0 aliphatic carbocycles. The van der Waals surface area contributed by atoms with Gasteiger partial charge in [0.05, 0.1) is 19.3 Å². The van der Waals surface area contributed by atoms with E-state index in [1.807, 2.05) is 13.8 Å². The van der Waals surface area contributed by atoms with Crippen LogP contribution in [0.1, 0.15) is 61.1 Å². The lowest BCUT2D eigenvalue weighted by molar-refractivity contribution is -0.139. The number of carbonyl (C=O) groups is 2. The summed E-state index contributed by atoms with van der Waals surface area (Å²) in [6.07, 6.45) is 0.157. The van der Waals surface area contributed by atoms with Crippen molar-refractivity contribution in [2.75, 3.05) is 31.3 Å². The minimum absolute atomic E-state index is 0.0696. The number of hydrogen-bond acceptors (Lipinski definition) is 9. The molecule has 2 rings (SSSR count). The Hall–Kier alpha value is -2.50. The van der Waals surface area contributed by atoms with E-state index in [9.17, 15) is 14.4 Å². The molecule has 3 atom stereocenters. The third-order valence-electron chi connectivity index (χ3n) is 4.97. The van der Waals surface area contributed by atoms with Gasteiger partial charge in [-0.05, 0) is 54.5 Å². The van der Waals surface area contributed by atoms with Crippen molar-refractivity contribution in [2.24, 2.45) is 0 Å². The Morgan fingerprint density at radius 1 is 1.26 bits per heavy atom. The fraction of sp³-hybridized carbons (Fsp3) is 0.739. The van der Waals surface area contributed by atoms with E-state index >= 15 is 0 Å². The van der Waals surface area contributed by atoms with Gasteiger partial charge in [-0.25, -0.2) is 9.59 Å². The molecule has 0 N–H and O–H groups in total. The summed E-state index contributed by atoms with van der Waals surface area (Å²) in [4.78, 5) is 42.0. The van der Waals surface area contributed by atoms with E-state index in [0.717, 1.165) is 0 Å². The van der Waals surface area contributed by atoms with Gasteiger partial charge in [-0.15, -0.1) is 0 Å². The second-order valence-electron chi connectivity index (χ2n) is 9.53. The predicted octanol–water partition coefficient (Wildman–Crippen LogP) is 2.67. The van der Waals surface area contributed by atoms with Gasteiger partial charge in [-0.3, -0.25) is 14.3 Å². The molecule has 1 aliphatic rings. The summed E-state index contributed by atoms with van der Waals surface area (Å²) in [6, 6.07) is 1.53. The number of nitrogens with zero attached hydrogens (tertiary/aromatic N) is 3. The van der Waals surface area contributed by atoms with Crippen LogP contribution >= 0.6 is 0 Å². The van der Waals surface area contributed by atoms with Crippen LogP contribution in [0.2, 0.25) is 0 Å². The Morgan fingerprint density at radius 2 is 1.97 bits per heavy atom. The molecule has 192 valence electrons. The van der Waals surface area contributed by atoms with Gasteiger partial charge in [-0.1, -0.05) is 0 Å². The zero-order valence-electron chi connectivity index (χ0n) is 21.1. The summed E-state index contributed by atoms with van der Waals surface area (Å²) in [5.74, 6) is 0.0725. The quantitative estimate of drug-likeness (QED) is 0.438. The maximum atomic E-state index is 12.9.